The number of hydrogen-bond donors (Lipinski definition) is 1. The van der Waals surface area contributed by atoms with Crippen molar-refractivity contribution < 1.29 is 8.42 Å². The highest BCUT2D eigenvalue weighted by atomic mass is 32.2. The maximum atomic E-state index is 11.6. The number of anilines is 1. The topological polar surface area (TPSA) is 72.0 Å². The average Bonchev–Trinajstić information content (AvgIpc) is 2.89. The highest BCUT2D eigenvalue weighted by Crippen LogP contribution is 2.29. The number of nitrogens with zero attached hydrogens (tertiary/aromatic N) is 2. The molecule has 0 amide bonds. The molecule has 5 nitrogen and oxygen atoms in total. The Kier molecular flexibility index (Phi) is 6.78. The molecule has 180 valence electrons. The summed E-state index contributed by atoms with van der Waals surface area (Å²) in [5.41, 5.74) is 4.89. The number of benzene rings is 4. The molecule has 6 heteroatoms. The quantitative estimate of drug-likeness (QED) is 0.283. The van der Waals surface area contributed by atoms with Crippen LogP contribution in [-0.4, -0.2) is 31.2 Å². The van der Waals surface area contributed by atoms with E-state index in [0.717, 1.165) is 27.8 Å². The molecule has 0 fully saturated rings. The molecule has 0 unspecified atom stereocenters. The van der Waals surface area contributed by atoms with E-state index in [-0.39, 0.29) is 11.7 Å². The van der Waals surface area contributed by atoms with Crippen LogP contribution in [0.4, 0.5) is 5.82 Å². The first kappa shape index (κ1) is 23.7. The number of hydrogen-bond acceptors (Lipinski definition) is 5. The largest absolute Gasteiger partial charge is 0.368 e. The lowest BCUT2D eigenvalue weighted by Gasteiger charge is -2.20. The third kappa shape index (κ3) is 5.61. The van der Waals surface area contributed by atoms with Crippen molar-refractivity contribution in [2.24, 2.45) is 0 Å². The van der Waals surface area contributed by atoms with E-state index in [1.54, 1.807) is 0 Å². The maximum absolute atomic E-state index is 11.6. The zero-order valence-electron chi connectivity index (χ0n) is 20.0. The molecular formula is C30H27N3O2S. The predicted molar refractivity (Wildman–Crippen MR) is 147 cm³/mol. The summed E-state index contributed by atoms with van der Waals surface area (Å²) in [4.78, 5) is 9.68. The van der Waals surface area contributed by atoms with Gasteiger partial charge in [-0.25, -0.2) is 18.4 Å². The molecule has 5 aromatic rings. The number of fused-ring (bicyclic) bond motifs is 1. The van der Waals surface area contributed by atoms with Crippen molar-refractivity contribution in [2.75, 3.05) is 18.1 Å². The minimum absolute atomic E-state index is 0.0129. The lowest BCUT2D eigenvalue weighted by Crippen LogP contribution is -2.15. The molecule has 0 atom stereocenters. The van der Waals surface area contributed by atoms with Crippen LogP contribution < -0.4 is 5.32 Å². The summed E-state index contributed by atoms with van der Waals surface area (Å²) in [7, 11) is -3.09. The predicted octanol–water partition coefficient (Wildman–Crippen LogP) is 6.09. The van der Waals surface area contributed by atoms with Crippen LogP contribution in [0, 0.1) is 0 Å². The Balaban J connectivity index is 1.49. The molecule has 0 aliphatic heterocycles. The molecule has 0 saturated carbocycles. The number of rotatable bonds is 8. The fourth-order valence-corrected chi connectivity index (χ4v) is 5.19. The summed E-state index contributed by atoms with van der Waals surface area (Å²) in [5.74, 6) is 1.53. The van der Waals surface area contributed by atoms with E-state index in [1.807, 2.05) is 60.7 Å². The van der Waals surface area contributed by atoms with Crippen LogP contribution in [0.15, 0.2) is 109 Å². The smallest absolute Gasteiger partial charge is 0.162 e. The number of aromatic nitrogens is 2. The summed E-state index contributed by atoms with van der Waals surface area (Å²) >= 11 is 0. The third-order valence-corrected chi connectivity index (χ3v) is 6.98. The van der Waals surface area contributed by atoms with Crippen LogP contribution in [-0.2, 0) is 15.6 Å². The van der Waals surface area contributed by atoms with Crippen molar-refractivity contribution in [3.63, 3.8) is 0 Å². The van der Waals surface area contributed by atoms with Crippen molar-refractivity contribution in [3.05, 3.63) is 126 Å². The first-order valence-corrected chi connectivity index (χ1v) is 13.9. The monoisotopic (exact) mass is 493 g/mol. The van der Waals surface area contributed by atoms with Crippen LogP contribution in [0.1, 0.15) is 22.6 Å². The van der Waals surface area contributed by atoms with Gasteiger partial charge in [0.1, 0.15) is 5.82 Å². The molecule has 1 aromatic heterocycles. The van der Waals surface area contributed by atoms with Gasteiger partial charge in [0.15, 0.2) is 15.7 Å². The van der Waals surface area contributed by atoms with E-state index in [9.17, 15) is 8.42 Å². The maximum Gasteiger partial charge on any atom is 0.162 e. The van der Waals surface area contributed by atoms with Gasteiger partial charge in [0, 0.05) is 29.7 Å². The number of nitrogens with one attached hydrogen (secondary N) is 1. The Labute approximate surface area is 211 Å². The molecule has 36 heavy (non-hydrogen) atoms. The van der Waals surface area contributed by atoms with Crippen molar-refractivity contribution in [1.82, 2.24) is 9.97 Å². The van der Waals surface area contributed by atoms with Gasteiger partial charge in [-0.15, -0.1) is 0 Å². The van der Waals surface area contributed by atoms with Gasteiger partial charge in [-0.05, 0) is 28.8 Å². The van der Waals surface area contributed by atoms with Crippen LogP contribution in [0.3, 0.4) is 0 Å². The van der Waals surface area contributed by atoms with Crippen molar-refractivity contribution in [3.8, 4) is 11.4 Å². The molecule has 0 spiro atoms. The Morgan fingerprint density at radius 3 is 1.92 bits per heavy atom. The zero-order valence-corrected chi connectivity index (χ0v) is 20.8. The summed E-state index contributed by atoms with van der Waals surface area (Å²) in [6, 6.07) is 36.3. The van der Waals surface area contributed by atoms with E-state index < -0.39 is 9.84 Å². The fourth-order valence-electron chi connectivity index (χ4n) is 4.39. The van der Waals surface area contributed by atoms with E-state index in [4.69, 9.17) is 9.97 Å². The molecular weight excluding hydrogens is 466 g/mol. The molecule has 1 heterocycles. The molecule has 0 aliphatic rings. The van der Waals surface area contributed by atoms with Gasteiger partial charge in [-0.1, -0.05) is 97.1 Å². The van der Waals surface area contributed by atoms with Gasteiger partial charge < -0.3 is 5.32 Å². The second-order valence-corrected chi connectivity index (χ2v) is 11.1. The zero-order chi connectivity index (χ0) is 25.0. The summed E-state index contributed by atoms with van der Waals surface area (Å²) in [6.07, 6.45) is 1.24. The van der Waals surface area contributed by atoms with Gasteiger partial charge in [0.2, 0.25) is 0 Å². The number of sulfone groups is 1. The van der Waals surface area contributed by atoms with Crippen LogP contribution >= 0.6 is 0 Å². The normalized spacial score (nSPS) is 11.6. The summed E-state index contributed by atoms with van der Waals surface area (Å²) < 4.78 is 23.3. The van der Waals surface area contributed by atoms with Gasteiger partial charge in [-0.2, -0.15) is 0 Å². The van der Waals surface area contributed by atoms with Gasteiger partial charge in [0.25, 0.3) is 0 Å². The highest BCUT2D eigenvalue weighted by Gasteiger charge is 2.16. The second-order valence-electron chi connectivity index (χ2n) is 8.93. The Bertz CT molecular complexity index is 1530. The Morgan fingerprint density at radius 2 is 1.31 bits per heavy atom. The summed E-state index contributed by atoms with van der Waals surface area (Å²) in [6.45, 7) is 0.668. The fraction of sp³-hybridized carbons (Fsp3) is 0.133. The SMILES string of the molecule is CS(=O)(=O)Cc1ccc(-c2nc(NCC(c3ccccc3)c3ccccc3)c3ccccc3n2)cc1. The minimum atomic E-state index is -3.09. The minimum Gasteiger partial charge on any atom is -0.368 e. The average molecular weight is 494 g/mol. The molecule has 0 bridgehead atoms. The van der Waals surface area contributed by atoms with Gasteiger partial charge >= 0.3 is 0 Å². The lowest BCUT2D eigenvalue weighted by molar-refractivity contribution is 0.601. The molecule has 1 N–H and O–H groups in total. The summed E-state index contributed by atoms with van der Waals surface area (Å²) in [5, 5.41) is 4.56. The Morgan fingerprint density at radius 1 is 0.722 bits per heavy atom. The molecule has 5 rings (SSSR count). The van der Waals surface area contributed by atoms with Gasteiger partial charge in [-0.3, -0.25) is 0 Å². The van der Waals surface area contributed by atoms with E-state index >= 15 is 0 Å². The third-order valence-electron chi connectivity index (χ3n) is 6.12. The van der Waals surface area contributed by atoms with Crippen molar-refractivity contribution >= 4 is 26.6 Å². The standard InChI is InChI=1S/C30H27N3O2S/c1-36(34,35)21-22-16-18-25(19-17-22)29-32-28-15-9-8-14-26(28)30(33-29)31-20-27(23-10-4-2-5-11-23)24-12-6-3-7-13-24/h2-19,27H,20-21H2,1H3,(H,31,32,33). The first-order valence-electron chi connectivity index (χ1n) is 11.8. The van der Waals surface area contributed by atoms with Crippen LogP contribution in [0.5, 0.6) is 0 Å². The van der Waals surface area contributed by atoms with Crippen molar-refractivity contribution in [2.45, 2.75) is 11.7 Å². The van der Waals surface area contributed by atoms with Gasteiger partial charge in [0.05, 0.1) is 11.3 Å². The molecule has 4 aromatic carbocycles. The lowest BCUT2D eigenvalue weighted by atomic mass is 9.91. The van der Waals surface area contributed by atoms with Crippen LogP contribution in [0.25, 0.3) is 22.3 Å². The second kappa shape index (κ2) is 10.3. The van der Waals surface area contributed by atoms with Crippen LogP contribution in [0.2, 0.25) is 0 Å². The molecule has 0 radical (unpaired) electrons. The Hall–Kier alpha value is -4.03. The highest BCUT2D eigenvalue weighted by molar-refractivity contribution is 7.89. The van der Waals surface area contributed by atoms with E-state index in [0.29, 0.717) is 12.4 Å². The van der Waals surface area contributed by atoms with E-state index in [2.05, 4.69) is 53.8 Å². The van der Waals surface area contributed by atoms with Crippen molar-refractivity contribution in [1.29, 1.82) is 0 Å². The number of para-hydroxylation sites is 1. The molecule has 0 saturated heterocycles. The molecule has 0 aliphatic carbocycles. The van der Waals surface area contributed by atoms with E-state index in [1.165, 1.54) is 17.4 Å². The first-order chi connectivity index (χ1) is 17.5.